The lowest BCUT2D eigenvalue weighted by Gasteiger charge is -2.18. The van der Waals surface area contributed by atoms with Gasteiger partial charge < -0.3 is 24.4 Å². The lowest BCUT2D eigenvalue weighted by Crippen LogP contribution is -2.21. The molecule has 162 valence electrons. The quantitative estimate of drug-likeness (QED) is 0.448. The molecule has 1 saturated heterocycles. The van der Waals surface area contributed by atoms with Crippen molar-refractivity contribution in [3.05, 3.63) is 23.4 Å². The first-order valence-corrected chi connectivity index (χ1v) is 11.0. The summed E-state index contributed by atoms with van der Waals surface area (Å²) in [7, 11) is 1.67. The molecule has 0 radical (unpaired) electrons. The number of hydrogen-bond acceptors (Lipinski definition) is 7. The van der Waals surface area contributed by atoms with E-state index in [0.29, 0.717) is 26.2 Å². The molecule has 0 spiro atoms. The van der Waals surface area contributed by atoms with Gasteiger partial charge in [-0.25, -0.2) is 0 Å². The lowest BCUT2D eigenvalue weighted by atomic mass is 10.1. The Balaban J connectivity index is 1.53. The maximum Gasteiger partial charge on any atom is 0.293 e. The fraction of sp³-hybridized carbons (Fsp3) is 0.565. The third-order valence-electron chi connectivity index (χ3n) is 5.96. The van der Waals surface area contributed by atoms with Crippen LogP contribution in [-0.2, 0) is 22.4 Å². The van der Waals surface area contributed by atoms with Gasteiger partial charge in [-0.3, -0.25) is 9.78 Å². The largest absolute Gasteiger partial charge is 0.493 e. The summed E-state index contributed by atoms with van der Waals surface area (Å²) in [6.45, 7) is 5.53. The average molecular weight is 414 g/mol. The molecule has 1 aliphatic carbocycles. The molecule has 2 aromatic rings. The van der Waals surface area contributed by atoms with Crippen LogP contribution in [0.5, 0.6) is 11.5 Å². The number of anilines is 1. The fourth-order valence-corrected chi connectivity index (χ4v) is 4.50. The summed E-state index contributed by atoms with van der Waals surface area (Å²) in [5.41, 5.74) is 4.38. The van der Waals surface area contributed by atoms with E-state index < -0.39 is 0 Å². The number of aryl methyl sites for hydroxylation is 1. The van der Waals surface area contributed by atoms with Gasteiger partial charge in [-0.1, -0.05) is 0 Å². The second-order valence-corrected chi connectivity index (χ2v) is 7.93. The van der Waals surface area contributed by atoms with Crippen molar-refractivity contribution in [3.63, 3.8) is 0 Å². The number of aromatic nitrogens is 1. The number of methoxy groups -OCH3 is 1. The van der Waals surface area contributed by atoms with Crippen molar-refractivity contribution >= 4 is 23.1 Å². The number of nitrogens with one attached hydrogen (secondary N) is 1. The summed E-state index contributed by atoms with van der Waals surface area (Å²) in [5, 5.41) is 4.47. The van der Waals surface area contributed by atoms with Crippen LogP contribution in [0, 0.1) is 0 Å². The van der Waals surface area contributed by atoms with E-state index in [1.165, 1.54) is 31.5 Å². The van der Waals surface area contributed by atoms with Gasteiger partial charge in [0.2, 0.25) is 0 Å². The summed E-state index contributed by atoms with van der Waals surface area (Å²) in [4.78, 5) is 17.8. The first kappa shape index (κ1) is 20.7. The molecule has 1 aromatic heterocycles. The zero-order chi connectivity index (χ0) is 20.8. The topological polar surface area (TPSA) is 72.9 Å². The van der Waals surface area contributed by atoms with E-state index in [1.54, 1.807) is 7.11 Å². The molecule has 4 rings (SSSR count). The number of carbonyl (C=O) groups is 1. The summed E-state index contributed by atoms with van der Waals surface area (Å²) >= 11 is 0. The van der Waals surface area contributed by atoms with Crippen molar-refractivity contribution in [2.24, 2.45) is 0 Å². The van der Waals surface area contributed by atoms with Gasteiger partial charge in [-0.2, -0.15) is 0 Å². The molecule has 2 aliphatic rings. The molecule has 7 nitrogen and oxygen atoms in total. The predicted molar refractivity (Wildman–Crippen MR) is 117 cm³/mol. The van der Waals surface area contributed by atoms with E-state index >= 15 is 0 Å². The molecule has 0 amide bonds. The minimum Gasteiger partial charge on any atom is -0.493 e. The van der Waals surface area contributed by atoms with Gasteiger partial charge >= 0.3 is 0 Å². The third-order valence-corrected chi connectivity index (χ3v) is 5.96. The Morgan fingerprint density at radius 3 is 2.80 bits per heavy atom. The Morgan fingerprint density at radius 1 is 1.13 bits per heavy atom. The van der Waals surface area contributed by atoms with Crippen LogP contribution >= 0.6 is 0 Å². The minimum atomic E-state index is 0.331. The number of hydrogen-bond donors (Lipinski definition) is 1. The fourth-order valence-electron chi connectivity index (χ4n) is 4.50. The summed E-state index contributed by atoms with van der Waals surface area (Å²) in [5.74, 6) is 1.46. The highest BCUT2D eigenvalue weighted by molar-refractivity contribution is 5.96. The number of ether oxygens (including phenoxy) is 3. The Kier molecular flexibility index (Phi) is 6.89. The Morgan fingerprint density at radius 2 is 2.00 bits per heavy atom. The van der Waals surface area contributed by atoms with Gasteiger partial charge in [0.1, 0.15) is 6.61 Å². The van der Waals surface area contributed by atoms with Crippen molar-refractivity contribution in [1.82, 2.24) is 9.88 Å². The normalized spacial score (nSPS) is 15.9. The average Bonchev–Trinajstić information content (AvgIpc) is 3.45. The summed E-state index contributed by atoms with van der Waals surface area (Å²) in [6, 6.07) is 4.01. The van der Waals surface area contributed by atoms with Crippen molar-refractivity contribution in [2.45, 2.75) is 38.5 Å². The van der Waals surface area contributed by atoms with Crippen molar-refractivity contribution in [1.29, 1.82) is 0 Å². The third kappa shape index (κ3) is 4.61. The number of nitrogens with zero attached hydrogens (tertiary/aromatic N) is 2. The zero-order valence-electron chi connectivity index (χ0n) is 17.7. The number of pyridine rings is 1. The molecular weight excluding hydrogens is 382 g/mol. The van der Waals surface area contributed by atoms with Crippen LogP contribution in [0.25, 0.3) is 10.9 Å². The second-order valence-electron chi connectivity index (χ2n) is 7.93. The van der Waals surface area contributed by atoms with Gasteiger partial charge in [0, 0.05) is 35.9 Å². The molecule has 0 atom stereocenters. The lowest BCUT2D eigenvalue weighted by molar-refractivity contribution is -0.128. The second kappa shape index (κ2) is 9.98. The van der Waals surface area contributed by atoms with Gasteiger partial charge in [0.25, 0.3) is 6.47 Å². The molecule has 0 saturated carbocycles. The summed E-state index contributed by atoms with van der Waals surface area (Å²) in [6.07, 6.45) is 6.73. The van der Waals surface area contributed by atoms with Crippen LogP contribution in [0.4, 0.5) is 5.69 Å². The number of likely N-dealkylation sites (tertiary alicyclic amines) is 1. The van der Waals surface area contributed by atoms with Crippen LogP contribution in [0.2, 0.25) is 0 Å². The standard InChI is InChI=1S/C23H31N3O4/c1-28-21-14-18-20(15-22(21)30-12-5-11-26-9-2-3-10-26)25-19-7-4-6-17(19)23(18)24-8-13-29-16-27/h14-16H,2-13H2,1H3,(H,24,25). The number of carbonyl (C=O) groups excluding carboxylic acids is 1. The van der Waals surface area contributed by atoms with Crippen LogP contribution in [-0.4, -0.2) is 62.9 Å². The molecule has 0 bridgehead atoms. The first-order chi connectivity index (χ1) is 14.8. The molecule has 7 heteroatoms. The smallest absolute Gasteiger partial charge is 0.293 e. The van der Waals surface area contributed by atoms with Crippen LogP contribution in [0.15, 0.2) is 12.1 Å². The van der Waals surface area contributed by atoms with E-state index in [2.05, 4.69) is 10.2 Å². The number of benzene rings is 1. The van der Waals surface area contributed by atoms with E-state index in [-0.39, 0.29) is 0 Å². The molecule has 30 heavy (non-hydrogen) atoms. The van der Waals surface area contributed by atoms with Crippen molar-refractivity contribution in [3.8, 4) is 11.5 Å². The zero-order valence-corrected chi connectivity index (χ0v) is 17.7. The monoisotopic (exact) mass is 413 g/mol. The number of fused-ring (bicyclic) bond motifs is 2. The van der Waals surface area contributed by atoms with Crippen molar-refractivity contribution in [2.75, 3.05) is 51.8 Å². The minimum absolute atomic E-state index is 0.331. The highest BCUT2D eigenvalue weighted by Crippen LogP contribution is 2.39. The highest BCUT2D eigenvalue weighted by atomic mass is 16.5. The molecule has 2 heterocycles. The van der Waals surface area contributed by atoms with Crippen LogP contribution in [0.1, 0.15) is 36.9 Å². The van der Waals surface area contributed by atoms with Crippen LogP contribution in [0.3, 0.4) is 0 Å². The predicted octanol–water partition coefficient (Wildman–Crippen LogP) is 3.18. The maximum atomic E-state index is 10.4. The molecular formula is C23H31N3O4. The van der Waals surface area contributed by atoms with E-state index in [4.69, 9.17) is 19.2 Å². The van der Waals surface area contributed by atoms with Crippen LogP contribution < -0.4 is 14.8 Å². The van der Waals surface area contributed by atoms with Crippen molar-refractivity contribution < 1.29 is 19.0 Å². The first-order valence-electron chi connectivity index (χ1n) is 11.0. The SMILES string of the molecule is COc1cc2c(NCCOC=O)c3c(nc2cc1OCCCN1CCCC1)CCC3. The van der Waals surface area contributed by atoms with Gasteiger partial charge in [0.15, 0.2) is 11.5 Å². The molecule has 0 unspecified atom stereocenters. The molecule has 1 N–H and O–H groups in total. The summed E-state index contributed by atoms with van der Waals surface area (Å²) < 4.78 is 16.6. The van der Waals surface area contributed by atoms with Gasteiger partial charge in [-0.15, -0.1) is 0 Å². The van der Waals surface area contributed by atoms with E-state index in [9.17, 15) is 4.79 Å². The van der Waals surface area contributed by atoms with E-state index in [1.807, 2.05) is 12.1 Å². The van der Waals surface area contributed by atoms with Gasteiger partial charge in [-0.05, 0) is 63.2 Å². The number of rotatable bonds is 11. The maximum absolute atomic E-state index is 10.4. The Hall–Kier alpha value is -2.54. The molecule has 1 fully saturated rings. The molecule has 1 aromatic carbocycles. The Labute approximate surface area is 177 Å². The highest BCUT2D eigenvalue weighted by Gasteiger charge is 2.21. The Bertz CT molecular complexity index is 881. The van der Waals surface area contributed by atoms with Gasteiger partial charge in [0.05, 0.1) is 19.2 Å². The van der Waals surface area contributed by atoms with E-state index in [0.717, 1.165) is 66.0 Å². The molecule has 1 aliphatic heterocycles.